The van der Waals surface area contributed by atoms with E-state index in [9.17, 15) is 14.9 Å². The van der Waals surface area contributed by atoms with Crippen molar-refractivity contribution in [2.45, 2.75) is 13.5 Å². The Morgan fingerprint density at radius 3 is 2.68 bits per heavy atom. The summed E-state index contributed by atoms with van der Waals surface area (Å²) in [6, 6.07) is 9.98. The fourth-order valence-corrected chi connectivity index (χ4v) is 3.21. The lowest BCUT2D eigenvalue weighted by Gasteiger charge is -2.12. The third-order valence-corrected chi connectivity index (χ3v) is 4.72. The molecule has 8 nitrogen and oxygen atoms in total. The van der Waals surface area contributed by atoms with Crippen LogP contribution < -0.4 is 9.47 Å². The third-order valence-electron chi connectivity index (χ3n) is 4.44. The molecule has 1 aromatic heterocycles. The van der Waals surface area contributed by atoms with Gasteiger partial charge in [0.2, 0.25) is 5.78 Å². The minimum atomic E-state index is -0.487. The molecule has 0 radical (unpaired) electrons. The van der Waals surface area contributed by atoms with Crippen molar-refractivity contribution in [2.75, 3.05) is 7.11 Å². The summed E-state index contributed by atoms with van der Waals surface area (Å²) < 4.78 is 12.6. The predicted molar refractivity (Wildman–Crippen MR) is 117 cm³/mol. The molecule has 0 spiro atoms. The van der Waals surface area contributed by atoms with Gasteiger partial charge in [0.1, 0.15) is 12.4 Å². The van der Waals surface area contributed by atoms with Crippen molar-refractivity contribution in [3.63, 3.8) is 0 Å². The van der Waals surface area contributed by atoms with E-state index in [-0.39, 0.29) is 34.5 Å². The van der Waals surface area contributed by atoms with E-state index in [1.807, 2.05) is 6.92 Å². The molecule has 0 aliphatic rings. The summed E-state index contributed by atoms with van der Waals surface area (Å²) in [5.74, 6) is 0.411. The Kier molecular flexibility index (Phi) is 6.71. The number of ether oxygens (including phenoxy) is 2. The maximum atomic E-state index is 12.3. The van der Waals surface area contributed by atoms with Gasteiger partial charge in [-0.05, 0) is 42.3 Å². The van der Waals surface area contributed by atoms with Gasteiger partial charge in [0, 0.05) is 24.9 Å². The van der Waals surface area contributed by atoms with Crippen LogP contribution in [0.3, 0.4) is 0 Å². The average molecular weight is 442 g/mol. The van der Waals surface area contributed by atoms with Gasteiger partial charge in [-0.3, -0.25) is 19.6 Å². The first-order chi connectivity index (χ1) is 14.8. The number of aromatic nitrogens is 2. The largest absolute Gasteiger partial charge is 0.496 e. The zero-order valence-electron chi connectivity index (χ0n) is 17.2. The van der Waals surface area contributed by atoms with Crippen molar-refractivity contribution in [1.29, 1.82) is 0 Å². The summed E-state index contributed by atoms with van der Waals surface area (Å²) >= 11 is 6.01. The Hall–Kier alpha value is -3.65. The van der Waals surface area contributed by atoms with E-state index in [1.54, 1.807) is 49.7 Å². The van der Waals surface area contributed by atoms with Crippen LogP contribution in [-0.4, -0.2) is 27.6 Å². The molecular formula is C22H20ClN3O5. The Morgan fingerprint density at radius 1 is 1.26 bits per heavy atom. The van der Waals surface area contributed by atoms with Gasteiger partial charge < -0.3 is 9.47 Å². The molecule has 3 aromatic rings. The fraction of sp³-hybridized carbons (Fsp3) is 0.182. The fourth-order valence-electron chi connectivity index (χ4n) is 2.94. The number of halogens is 1. The third kappa shape index (κ3) is 5.29. The molecule has 0 amide bonds. The second-order valence-corrected chi connectivity index (χ2v) is 7.19. The first-order valence-electron chi connectivity index (χ1n) is 9.25. The second-order valence-electron chi connectivity index (χ2n) is 6.79. The van der Waals surface area contributed by atoms with Gasteiger partial charge >= 0.3 is 5.69 Å². The topological polar surface area (TPSA) is 96.5 Å². The summed E-state index contributed by atoms with van der Waals surface area (Å²) in [4.78, 5) is 23.1. The number of nitrogens with zero attached hydrogens (tertiary/aromatic N) is 3. The van der Waals surface area contributed by atoms with Crippen LogP contribution in [0.5, 0.6) is 11.5 Å². The molecule has 0 aliphatic carbocycles. The SMILES string of the molecule is COc1ccc(C=CC(=O)c2nn(C)cc2Cl)cc1COc1cc(C)ccc1[N+](=O)[O-]. The molecule has 0 atom stereocenters. The maximum absolute atomic E-state index is 12.3. The molecule has 0 saturated carbocycles. The molecule has 3 rings (SSSR count). The number of rotatable bonds is 8. The van der Waals surface area contributed by atoms with E-state index in [4.69, 9.17) is 21.1 Å². The van der Waals surface area contributed by atoms with Gasteiger partial charge in [-0.25, -0.2) is 0 Å². The molecule has 9 heteroatoms. The number of benzene rings is 2. The van der Waals surface area contributed by atoms with Crippen molar-refractivity contribution in [2.24, 2.45) is 7.05 Å². The lowest BCUT2D eigenvalue weighted by molar-refractivity contribution is -0.386. The van der Waals surface area contributed by atoms with Crippen molar-refractivity contribution in [3.05, 3.63) is 86.2 Å². The van der Waals surface area contributed by atoms with Crippen LogP contribution in [0.2, 0.25) is 5.02 Å². The molecule has 1 heterocycles. The number of carbonyl (C=O) groups excluding carboxylic acids is 1. The minimum Gasteiger partial charge on any atom is -0.496 e. The molecule has 0 saturated heterocycles. The number of allylic oxidation sites excluding steroid dienone is 1. The molecular weight excluding hydrogens is 422 g/mol. The lowest BCUT2D eigenvalue weighted by atomic mass is 10.1. The van der Waals surface area contributed by atoms with Crippen molar-refractivity contribution in [1.82, 2.24) is 9.78 Å². The number of ketones is 1. The monoisotopic (exact) mass is 441 g/mol. The lowest BCUT2D eigenvalue weighted by Crippen LogP contribution is -2.02. The van der Waals surface area contributed by atoms with Crippen LogP contribution in [-0.2, 0) is 13.7 Å². The van der Waals surface area contributed by atoms with Gasteiger partial charge in [0.05, 0.1) is 17.1 Å². The normalized spacial score (nSPS) is 11.0. The first-order valence-corrected chi connectivity index (χ1v) is 9.62. The summed E-state index contributed by atoms with van der Waals surface area (Å²) in [5, 5.41) is 15.6. The van der Waals surface area contributed by atoms with Crippen LogP contribution in [0.15, 0.2) is 48.7 Å². The predicted octanol–water partition coefficient (Wildman–Crippen LogP) is 4.77. The highest BCUT2D eigenvalue weighted by Gasteiger charge is 2.16. The van der Waals surface area contributed by atoms with E-state index in [1.165, 1.54) is 23.9 Å². The van der Waals surface area contributed by atoms with Crippen LogP contribution in [0.4, 0.5) is 5.69 Å². The Balaban J connectivity index is 1.81. The molecule has 160 valence electrons. The number of hydrogen-bond donors (Lipinski definition) is 0. The molecule has 0 aliphatic heterocycles. The summed E-state index contributed by atoms with van der Waals surface area (Å²) in [5.41, 5.74) is 2.29. The molecule has 0 N–H and O–H groups in total. The molecule has 0 fully saturated rings. The summed E-state index contributed by atoms with van der Waals surface area (Å²) in [6.45, 7) is 1.88. The van der Waals surface area contributed by atoms with Crippen LogP contribution in [0, 0.1) is 17.0 Å². The Labute approximate surface area is 183 Å². The van der Waals surface area contributed by atoms with E-state index < -0.39 is 4.92 Å². The van der Waals surface area contributed by atoms with Crippen LogP contribution in [0.25, 0.3) is 6.08 Å². The number of aryl methyl sites for hydroxylation is 2. The zero-order chi connectivity index (χ0) is 22.5. The van der Waals surface area contributed by atoms with Gasteiger partial charge in [-0.2, -0.15) is 5.10 Å². The van der Waals surface area contributed by atoms with Gasteiger partial charge in [0.25, 0.3) is 0 Å². The van der Waals surface area contributed by atoms with Crippen molar-refractivity contribution >= 4 is 29.1 Å². The number of methoxy groups -OCH3 is 1. The van der Waals surface area contributed by atoms with Gasteiger partial charge in [0.15, 0.2) is 11.4 Å². The second kappa shape index (κ2) is 9.44. The van der Waals surface area contributed by atoms with E-state index in [2.05, 4.69) is 5.10 Å². The van der Waals surface area contributed by atoms with Gasteiger partial charge in [-0.15, -0.1) is 0 Å². The van der Waals surface area contributed by atoms with E-state index in [0.717, 1.165) is 11.1 Å². The molecule has 2 aromatic carbocycles. The van der Waals surface area contributed by atoms with E-state index in [0.29, 0.717) is 11.3 Å². The highest BCUT2D eigenvalue weighted by Crippen LogP contribution is 2.30. The van der Waals surface area contributed by atoms with Crippen molar-refractivity contribution in [3.8, 4) is 11.5 Å². The van der Waals surface area contributed by atoms with Crippen LogP contribution >= 0.6 is 11.6 Å². The molecule has 0 bridgehead atoms. The zero-order valence-corrected chi connectivity index (χ0v) is 17.9. The minimum absolute atomic E-state index is 0.0508. The number of nitro benzene ring substituents is 1. The summed E-state index contributed by atoms with van der Waals surface area (Å²) in [6.07, 6.45) is 4.56. The number of hydrogen-bond acceptors (Lipinski definition) is 6. The van der Waals surface area contributed by atoms with Crippen LogP contribution in [0.1, 0.15) is 27.2 Å². The highest BCUT2D eigenvalue weighted by molar-refractivity contribution is 6.34. The number of carbonyl (C=O) groups is 1. The average Bonchev–Trinajstić information content (AvgIpc) is 3.08. The number of nitro groups is 1. The molecule has 31 heavy (non-hydrogen) atoms. The Bertz CT molecular complexity index is 1170. The Morgan fingerprint density at radius 2 is 2.03 bits per heavy atom. The van der Waals surface area contributed by atoms with Crippen molar-refractivity contribution < 1.29 is 19.2 Å². The standard InChI is InChI=1S/C22H20ClN3O5/c1-14-4-7-18(26(28)29)21(10-14)31-13-16-11-15(6-9-20(16)30-3)5-8-19(27)22-17(23)12-25(2)24-22/h4-12H,13H2,1-3H3. The maximum Gasteiger partial charge on any atom is 0.310 e. The quantitative estimate of drug-likeness (QED) is 0.216. The smallest absolute Gasteiger partial charge is 0.310 e. The van der Waals surface area contributed by atoms with Gasteiger partial charge in [-0.1, -0.05) is 29.8 Å². The first kappa shape index (κ1) is 22.0. The summed E-state index contributed by atoms with van der Waals surface area (Å²) in [7, 11) is 3.21. The molecule has 0 unspecified atom stereocenters. The van der Waals surface area contributed by atoms with E-state index >= 15 is 0 Å². The highest BCUT2D eigenvalue weighted by atomic mass is 35.5.